The van der Waals surface area contributed by atoms with Crippen LogP contribution in [0.3, 0.4) is 0 Å². The van der Waals surface area contributed by atoms with E-state index >= 15 is 0 Å². The van der Waals surface area contributed by atoms with Gasteiger partial charge in [0.15, 0.2) is 0 Å². The Labute approximate surface area is 149 Å². The Balaban J connectivity index is 2.45. The second-order valence-electron chi connectivity index (χ2n) is 6.92. The third kappa shape index (κ3) is 5.11. The summed E-state index contributed by atoms with van der Waals surface area (Å²) in [6.45, 7) is 8.41. The average Bonchev–Trinajstić information content (AvgIpc) is 2.50. The molecule has 0 radical (unpaired) electrons. The van der Waals surface area contributed by atoms with Gasteiger partial charge in [0.1, 0.15) is 5.03 Å². The molecule has 1 N–H and O–H groups in total. The van der Waals surface area contributed by atoms with Crippen LogP contribution in [-0.4, -0.2) is 23.2 Å². The Morgan fingerprint density at radius 1 is 1.20 bits per heavy atom. The number of pyridine rings is 1. The van der Waals surface area contributed by atoms with E-state index in [1.54, 1.807) is 6.07 Å². The maximum atomic E-state index is 12.9. The van der Waals surface area contributed by atoms with Gasteiger partial charge < -0.3 is 5.32 Å². The molecule has 0 unspecified atom stereocenters. The lowest BCUT2D eigenvalue weighted by molar-refractivity contribution is -0.137. The number of hydrogen-bond acceptors (Lipinski definition) is 3. The molecular weight excluding hydrogens is 349 g/mol. The number of carbonyl (C=O) groups is 1. The second-order valence-corrected chi connectivity index (χ2v) is 8.18. The summed E-state index contributed by atoms with van der Waals surface area (Å²) in [4.78, 5) is 16.8. The lowest BCUT2D eigenvalue weighted by Gasteiger charge is -2.19. The van der Waals surface area contributed by atoms with Crippen LogP contribution in [0.1, 0.15) is 43.6 Å². The van der Waals surface area contributed by atoms with Crippen molar-refractivity contribution in [2.75, 3.05) is 12.3 Å². The van der Waals surface area contributed by atoms with Crippen LogP contribution >= 0.6 is 11.8 Å². The van der Waals surface area contributed by atoms with Gasteiger partial charge in [-0.25, -0.2) is 4.98 Å². The highest BCUT2D eigenvalue weighted by molar-refractivity contribution is 7.99. The van der Waals surface area contributed by atoms with Crippen LogP contribution in [0.25, 0.3) is 10.9 Å². The first-order chi connectivity index (χ1) is 11.5. The van der Waals surface area contributed by atoms with E-state index in [0.717, 1.165) is 12.1 Å². The van der Waals surface area contributed by atoms with Crippen molar-refractivity contribution in [2.45, 2.75) is 38.9 Å². The lowest BCUT2D eigenvalue weighted by Crippen LogP contribution is -2.32. The number of benzene rings is 1. The summed E-state index contributed by atoms with van der Waals surface area (Å²) in [7, 11) is 0. The van der Waals surface area contributed by atoms with Crippen molar-refractivity contribution in [1.29, 1.82) is 0 Å². The Hall–Kier alpha value is -1.76. The number of nitrogens with one attached hydrogen (secondary N) is 1. The highest BCUT2D eigenvalue weighted by Gasteiger charge is 2.30. The number of carbonyl (C=O) groups excluding carboxylic acids is 1. The van der Waals surface area contributed by atoms with Crippen LogP contribution < -0.4 is 5.32 Å². The summed E-state index contributed by atoms with van der Waals surface area (Å²) in [5.41, 5.74) is -0.189. The summed E-state index contributed by atoms with van der Waals surface area (Å²) in [6, 6.07) is 4.99. The number of rotatable bonds is 4. The largest absolute Gasteiger partial charge is 0.416 e. The van der Waals surface area contributed by atoms with E-state index in [0.29, 0.717) is 28.3 Å². The molecule has 0 aliphatic heterocycles. The minimum atomic E-state index is -4.42. The summed E-state index contributed by atoms with van der Waals surface area (Å²) >= 11 is 1.34. The normalized spacial score (nSPS) is 12.4. The van der Waals surface area contributed by atoms with Crippen LogP contribution in [0.2, 0.25) is 0 Å². The lowest BCUT2D eigenvalue weighted by atomic mass is 9.97. The zero-order valence-corrected chi connectivity index (χ0v) is 15.4. The number of aromatic nitrogens is 1. The van der Waals surface area contributed by atoms with E-state index in [-0.39, 0.29) is 16.8 Å². The van der Waals surface area contributed by atoms with E-state index < -0.39 is 11.7 Å². The molecule has 25 heavy (non-hydrogen) atoms. The predicted molar refractivity (Wildman–Crippen MR) is 94.9 cm³/mol. The van der Waals surface area contributed by atoms with Crippen LogP contribution in [0.4, 0.5) is 13.2 Å². The maximum Gasteiger partial charge on any atom is 0.416 e. The minimum absolute atomic E-state index is 0.0698. The first-order valence-electron chi connectivity index (χ1n) is 7.94. The Morgan fingerprint density at radius 3 is 2.44 bits per heavy atom. The Kier molecular flexibility index (Phi) is 5.66. The smallest absolute Gasteiger partial charge is 0.351 e. The highest BCUT2D eigenvalue weighted by Crippen LogP contribution is 2.32. The number of alkyl halides is 3. The van der Waals surface area contributed by atoms with Crippen molar-refractivity contribution in [3.05, 3.63) is 35.4 Å². The number of amides is 1. The zero-order chi connectivity index (χ0) is 18.8. The molecule has 1 aromatic carbocycles. The number of thioether (sulfide) groups is 1. The molecule has 2 aromatic rings. The summed E-state index contributed by atoms with van der Waals surface area (Å²) in [5, 5.41) is 3.82. The van der Waals surface area contributed by atoms with Crippen molar-refractivity contribution in [2.24, 2.45) is 5.41 Å². The molecule has 0 spiro atoms. The fourth-order valence-corrected chi connectivity index (χ4v) is 2.92. The number of nitrogens with zero attached hydrogens (tertiary/aromatic N) is 1. The zero-order valence-electron chi connectivity index (χ0n) is 14.6. The quantitative estimate of drug-likeness (QED) is 0.758. The van der Waals surface area contributed by atoms with E-state index in [1.807, 2.05) is 27.7 Å². The molecule has 1 amide bonds. The topological polar surface area (TPSA) is 42.0 Å². The monoisotopic (exact) mass is 370 g/mol. The van der Waals surface area contributed by atoms with Crippen LogP contribution in [0.15, 0.2) is 29.3 Å². The second kappa shape index (κ2) is 7.23. The van der Waals surface area contributed by atoms with Gasteiger partial charge in [-0.3, -0.25) is 4.79 Å². The van der Waals surface area contributed by atoms with Gasteiger partial charge in [0.05, 0.1) is 16.6 Å². The SMILES string of the molecule is CCSc1nc2cc(C(F)(F)F)ccc2cc1C(=O)NCC(C)(C)C. The molecular formula is C18H21F3N2OS. The fraction of sp³-hybridized carbons (Fsp3) is 0.444. The van der Waals surface area contributed by atoms with Crippen molar-refractivity contribution in [3.63, 3.8) is 0 Å². The molecule has 0 saturated heterocycles. The van der Waals surface area contributed by atoms with Crippen LogP contribution in [0, 0.1) is 5.41 Å². The van der Waals surface area contributed by atoms with Gasteiger partial charge in [0.25, 0.3) is 5.91 Å². The molecule has 1 heterocycles. The van der Waals surface area contributed by atoms with E-state index in [1.165, 1.54) is 17.8 Å². The number of fused-ring (bicyclic) bond motifs is 1. The molecule has 0 atom stereocenters. The van der Waals surface area contributed by atoms with Crippen molar-refractivity contribution in [1.82, 2.24) is 10.3 Å². The molecule has 0 bridgehead atoms. The Bertz CT molecular complexity index is 782. The van der Waals surface area contributed by atoms with Gasteiger partial charge in [-0.2, -0.15) is 13.2 Å². The van der Waals surface area contributed by atoms with Gasteiger partial charge in [0, 0.05) is 11.9 Å². The van der Waals surface area contributed by atoms with E-state index in [2.05, 4.69) is 10.3 Å². The summed E-state index contributed by atoms with van der Waals surface area (Å²) < 4.78 is 38.7. The fourth-order valence-electron chi connectivity index (χ4n) is 2.18. The first kappa shape index (κ1) is 19.6. The molecule has 7 heteroatoms. The molecule has 0 fully saturated rings. The number of halogens is 3. The molecule has 0 saturated carbocycles. The van der Waals surface area contributed by atoms with Crippen molar-refractivity contribution >= 4 is 28.6 Å². The van der Waals surface area contributed by atoms with Gasteiger partial charge >= 0.3 is 6.18 Å². The first-order valence-corrected chi connectivity index (χ1v) is 8.93. The standard InChI is InChI=1S/C18H21F3N2OS/c1-5-25-16-13(15(24)22-10-17(2,3)4)8-11-6-7-12(18(19,20)21)9-14(11)23-16/h6-9H,5,10H2,1-4H3,(H,22,24). The predicted octanol–water partition coefficient (Wildman–Crippen LogP) is 5.14. The molecule has 1 aromatic heterocycles. The third-order valence-electron chi connectivity index (χ3n) is 3.41. The van der Waals surface area contributed by atoms with Crippen molar-refractivity contribution < 1.29 is 18.0 Å². The van der Waals surface area contributed by atoms with Crippen LogP contribution in [-0.2, 0) is 6.18 Å². The van der Waals surface area contributed by atoms with Crippen molar-refractivity contribution in [3.8, 4) is 0 Å². The molecule has 0 aliphatic rings. The summed E-state index contributed by atoms with van der Waals surface area (Å²) in [5.74, 6) is 0.400. The van der Waals surface area contributed by atoms with E-state index in [9.17, 15) is 18.0 Å². The third-order valence-corrected chi connectivity index (χ3v) is 4.29. The Morgan fingerprint density at radius 2 is 1.88 bits per heavy atom. The number of hydrogen-bond donors (Lipinski definition) is 1. The van der Waals surface area contributed by atoms with Gasteiger partial charge in [-0.05, 0) is 29.4 Å². The average molecular weight is 370 g/mol. The minimum Gasteiger partial charge on any atom is -0.351 e. The van der Waals surface area contributed by atoms with Gasteiger partial charge in [0.2, 0.25) is 0 Å². The van der Waals surface area contributed by atoms with Crippen LogP contribution in [0.5, 0.6) is 0 Å². The van der Waals surface area contributed by atoms with Gasteiger partial charge in [-0.1, -0.05) is 33.8 Å². The summed E-state index contributed by atoms with van der Waals surface area (Å²) in [6.07, 6.45) is -4.42. The molecule has 3 nitrogen and oxygen atoms in total. The highest BCUT2D eigenvalue weighted by atomic mass is 32.2. The molecule has 0 aliphatic carbocycles. The molecule has 2 rings (SSSR count). The maximum absolute atomic E-state index is 12.9. The van der Waals surface area contributed by atoms with E-state index in [4.69, 9.17) is 0 Å². The van der Waals surface area contributed by atoms with Gasteiger partial charge in [-0.15, -0.1) is 11.8 Å². The molecule has 136 valence electrons.